The largest absolute Gasteiger partial charge is 0.329 e. The third kappa shape index (κ3) is 1.90. The number of rotatable bonds is 5. The Bertz CT molecular complexity index is 345. The van der Waals surface area contributed by atoms with E-state index in [4.69, 9.17) is 5.73 Å². The smallest absolute Gasteiger partial charge is 0.0795 e. The molecule has 0 saturated heterocycles. The van der Waals surface area contributed by atoms with E-state index in [0.717, 1.165) is 12.2 Å². The number of hydrogen-bond donors (Lipinski definition) is 1. The van der Waals surface area contributed by atoms with Gasteiger partial charge in [-0.3, -0.25) is 4.90 Å². The molecule has 4 heteroatoms. The lowest BCUT2D eigenvalue weighted by molar-refractivity contribution is 0.0650. The molecule has 1 aromatic heterocycles. The molecule has 1 unspecified atom stereocenters. The van der Waals surface area contributed by atoms with Gasteiger partial charge in [0, 0.05) is 24.0 Å². The maximum Gasteiger partial charge on any atom is 0.0795 e. The molecule has 1 aliphatic rings. The van der Waals surface area contributed by atoms with Gasteiger partial charge < -0.3 is 5.73 Å². The van der Waals surface area contributed by atoms with E-state index in [0.29, 0.717) is 12.0 Å². The van der Waals surface area contributed by atoms with E-state index in [1.54, 1.807) is 11.3 Å². The average Bonchev–Trinajstić information content (AvgIpc) is 2.81. The van der Waals surface area contributed by atoms with Crippen molar-refractivity contribution in [3.05, 3.63) is 16.6 Å². The molecule has 3 nitrogen and oxygen atoms in total. The first kappa shape index (κ1) is 12.0. The molecule has 1 heterocycles. The first-order valence-electron chi connectivity index (χ1n) is 5.80. The van der Waals surface area contributed by atoms with Crippen LogP contribution in [0.2, 0.25) is 0 Å². The molecule has 0 amide bonds. The van der Waals surface area contributed by atoms with Crippen molar-refractivity contribution in [2.24, 2.45) is 11.1 Å². The Kier molecular flexibility index (Phi) is 3.07. The van der Waals surface area contributed by atoms with Crippen molar-refractivity contribution in [1.82, 2.24) is 9.88 Å². The lowest BCUT2D eigenvalue weighted by Crippen LogP contribution is -2.55. The number of nitrogens with zero attached hydrogens (tertiary/aromatic N) is 2. The summed E-state index contributed by atoms with van der Waals surface area (Å²) in [5.74, 6) is 0. The highest BCUT2D eigenvalue weighted by molar-refractivity contribution is 7.07. The summed E-state index contributed by atoms with van der Waals surface area (Å²) in [6.45, 7) is 6.24. The number of thiazole rings is 1. The van der Waals surface area contributed by atoms with Gasteiger partial charge in [-0.15, -0.1) is 11.3 Å². The van der Waals surface area contributed by atoms with Crippen LogP contribution in [0, 0.1) is 5.41 Å². The van der Waals surface area contributed by atoms with Crippen LogP contribution in [0.3, 0.4) is 0 Å². The number of likely N-dealkylation sites (N-methyl/N-ethyl adjacent to an activating group) is 1. The maximum atomic E-state index is 6.00. The molecule has 0 bridgehead atoms. The predicted molar refractivity (Wildman–Crippen MR) is 68.4 cm³/mol. The molecule has 1 aliphatic carbocycles. The Morgan fingerprint density at radius 3 is 2.75 bits per heavy atom. The lowest BCUT2D eigenvalue weighted by atomic mass is 9.82. The van der Waals surface area contributed by atoms with Gasteiger partial charge in [0.2, 0.25) is 0 Å². The normalized spacial score (nSPS) is 22.1. The monoisotopic (exact) mass is 239 g/mol. The average molecular weight is 239 g/mol. The molecule has 0 aromatic carbocycles. The van der Waals surface area contributed by atoms with Crippen LogP contribution in [0.4, 0.5) is 0 Å². The quantitative estimate of drug-likeness (QED) is 0.855. The third-order valence-corrected chi connectivity index (χ3v) is 5.06. The first-order chi connectivity index (χ1) is 7.52. The molecule has 2 N–H and O–H groups in total. The van der Waals surface area contributed by atoms with Crippen LogP contribution in [-0.2, 0) is 6.54 Å². The van der Waals surface area contributed by atoms with Gasteiger partial charge in [-0.25, -0.2) is 4.98 Å². The van der Waals surface area contributed by atoms with Gasteiger partial charge >= 0.3 is 0 Å². The molecule has 1 aromatic rings. The fourth-order valence-corrected chi connectivity index (χ4v) is 2.87. The number of hydrogen-bond acceptors (Lipinski definition) is 4. The SMILES string of the molecule is CN(Cc1cscn1)C(C)(CN)C1(C)CC1. The molecule has 1 saturated carbocycles. The summed E-state index contributed by atoms with van der Waals surface area (Å²) in [7, 11) is 2.16. The lowest BCUT2D eigenvalue weighted by Gasteiger charge is -2.43. The van der Waals surface area contributed by atoms with Crippen LogP contribution >= 0.6 is 11.3 Å². The number of aromatic nitrogens is 1. The highest BCUT2D eigenvalue weighted by atomic mass is 32.1. The van der Waals surface area contributed by atoms with Crippen LogP contribution in [0.25, 0.3) is 0 Å². The standard InChI is InChI=1S/C12H21N3S/c1-11(4-5-11)12(2,8-13)15(3)6-10-7-16-9-14-10/h7,9H,4-6,8,13H2,1-3H3. The topological polar surface area (TPSA) is 42.2 Å². The zero-order chi connectivity index (χ0) is 11.8. The van der Waals surface area contributed by atoms with Gasteiger partial charge in [0.05, 0.1) is 11.2 Å². The highest BCUT2D eigenvalue weighted by Gasteiger charge is 2.54. The van der Waals surface area contributed by atoms with Crippen LogP contribution in [0.15, 0.2) is 10.9 Å². The van der Waals surface area contributed by atoms with Crippen LogP contribution in [0.1, 0.15) is 32.4 Å². The Balaban J connectivity index is 2.09. The Morgan fingerprint density at radius 2 is 2.31 bits per heavy atom. The van der Waals surface area contributed by atoms with Gasteiger partial charge in [0.1, 0.15) is 0 Å². The second-order valence-corrected chi connectivity index (χ2v) is 6.09. The maximum absolute atomic E-state index is 6.00. The first-order valence-corrected chi connectivity index (χ1v) is 6.74. The molecule has 90 valence electrons. The zero-order valence-corrected chi connectivity index (χ0v) is 11.2. The molecule has 0 radical (unpaired) electrons. The van der Waals surface area contributed by atoms with E-state index < -0.39 is 0 Å². The molecular formula is C12H21N3S. The zero-order valence-electron chi connectivity index (χ0n) is 10.4. The van der Waals surface area contributed by atoms with Crippen molar-refractivity contribution >= 4 is 11.3 Å². The van der Waals surface area contributed by atoms with Crippen molar-refractivity contribution < 1.29 is 0 Å². The summed E-state index contributed by atoms with van der Waals surface area (Å²) in [6, 6.07) is 0. The summed E-state index contributed by atoms with van der Waals surface area (Å²) in [5.41, 5.74) is 9.53. The van der Waals surface area contributed by atoms with Crippen LogP contribution in [0.5, 0.6) is 0 Å². The molecule has 16 heavy (non-hydrogen) atoms. The Morgan fingerprint density at radius 1 is 1.62 bits per heavy atom. The summed E-state index contributed by atoms with van der Waals surface area (Å²) in [5, 5.41) is 2.11. The molecule has 2 rings (SSSR count). The second-order valence-electron chi connectivity index (χ2n) is 5.37. The minimum atomic E-state index is 0.0939. The summed E-state index contributed by atoms with van der Waals surface area (Å²) < 4.78 is 0. The van der Waals surface area contributed by atoms with Gasteiger partial charge in [0.15, 0.2) is 0 Å². The van der Waals surface area contributed by atoms with E-state index in [-0.39, 0.29) is 5.54 Å². The van der Waals surface area contributed by atoms with Gasteiger partial charge in [-0.05, 0) is 32.2 Å². The van der Waals surface area contributed by atoms with E-state index in [9.17, 15) is 0 Å². The minimum absolute atomic E-state index is 0.0939. The molecule has 0 aliphatic heterocycles. The molecular weight excluding hydrogens is 218 g/mol. The summed E-state index contributed by atoms with van der Waals surface area (Å²) >= 11 is 1.65. The van der Waals surface area contributed by atoms with Crippen molar-refractivity contribution in [3.63, 3.8) is 0 Å². The highest BCUT2D eigenvalue weighted by Crippen LogP contribution is 2.55. The van der Waals surface area contributed by atoms with Crippen molar-refractivity contribution in [1.29, 1.82) is 0 Å². The fraction of sp³-hybridized carbons (Fsp3) is 0.750. The predicted octanol–water partition coefficient (Wildman–Crippen LogP) is 2.09. The summed E-state index contributed by atoms with van der Waals surface area (Å²) in [4.78, 5) is 6.71. The fourth-order valence-electron chi connectivity index (χ4n) is 2.32. The van der Waals surface area contributed by atoms with E-state index in [2.05, 4.69) is 36.2 Å². The second kappa shape index (κ2) is 4.09. The van der Waals surface area contributed by atoms with Crippen molar-refractivity contribution in [2.75, 3.05) is 13.6 Å². The van der Waals surface area contributed by atoms with Gasteiger partial charge in [0.25, 0.3) is 0 Å². The van der Waals surface area contributed by atoms with Gasteiger partial charge in [-0.2, -0.15) is 0 Å². The molecule has 1 fully saturated rings. The van der Waals surface area contributed by atoms with E-state index in [1.165, 1.54) is 12.8 Å². The third-order valence-electron chi connectivity index (χ3n) is 4.42. The van der Waals surface area contributed by atoms with Crippen molar-refractivity contribution in [2.45, 2.75) is 38.8 Å². The van der Waals surface area contributed by atoms with Crippen LogP contribution < -0.4 is 5.73 Å². The van der Waals surface area contributed by atoms with Gasteiger partial charge in [-0.1, -0.05) is 6.92 Å². The molecule has 0 spiro atoms. The van der Waals surface area contributed by atoms with Crippen LogP contribution in [-0.4, -0.2) is 29.0 Å². The minimum Gasteiger partial charge on any atom is -0.329 e. The summed E-state index contributed by atoms with van der Waals surface area (Å²) in [6.07, 6.45) is 2.59. The van der Waals surface area contributed by atoms with E-state index in [1.807, 2.05) is 5.51 Å². The molecule has 1 atom stereocenters. The van der Waals surface area contributed by atoms with Crippen molar-refractivity contribution in [3.8, 4) is 0 Å². The van der Waals surface area contributed by atoms with E-state index >= 15 is 0 Å². The number of nitrogens with two attached hydrogens (primary N) is 1. The Labute approximate surface area is 102 Å². The Hall–Kier alpha value is -0.450.